The summed E-state index contributed by atoms with van der Waals surface area (Å²) in [5.74, 6) is 1.10. The van der Waals surface area contributed by atoms with E-state index in [1.807, 2.05) is 17.5 Å². The fourth-order valence-electron chi connectivity index (χ4n) is 3.92. The molecule has 5 heteroatoms. The minimum atomic E-state index is -0.0491. The molecule has 0 bridgehead atoms. The Hall–Kier alpha value is -1.72. The fourth-order valence-corrected chi connectivity index (χ4v) is 4.92. The maximum absolute atomic E-state index is 12.3. The average Bonchev–Trinajstić information content (AvgIpc) is 3.39. The van der Waals surface area contributed by atoms with Crippen LogP contribution in [0.25, 0.3) is 10.6 Å². The smallest absolute Gasteiger partial charge is 0.237 e. The molecule has 1 saturated heterocycles. The molecule has 29 heavy (non-hydrogen) atoms. The van der Waals surface area contributed by atoms with Gasteiger partial charge in [0.05, 0.1) is 6.04 Å². The normalized spacial score (nSPS) is 20.0. The molecule has 3 rings (SSSR count). The van der Waals surface area contributed by atoms with E-state index in [1.165, 1.54) is 37.0 Å². The summed E-state index contributed by atoms with van der Waals surface area (Å²) < 4.78 is 0. The van der Waals surface area contributed by atoms with Crippen molar-refractivity contribution in [2.75, 3.05) is 6.54 Å². The highest BCUT2D eigenvalue weighted by molar-refractivity contribution is 7.15. The summed E-state index contributed by atoms with van der Waals surface area (Å²) in [6, 6.07) is 8.37. The van der Waals surface area contributed by atoms with Gasteiger partial charge < -0.3 is 10.6 Å². The molecule has 4 nitrogen and oxygen atoms in total. The lowest BCUT2D eigenvalue weighted by Crippen LogP contribution is -2.42. The Bertz CT molecular complexity index is 771. The Morgan fingerprint density at radius 3 is 2.76 bits per heavy atom. The van der Waals surface area contributed by atoms with Crippen LogP contribution in [0.1, 0.15) is 75.7 Å². The number of aromatic nitrogens is 1. The first-order valence-electron chi connectivity index (χ1n) is 11.1. The van der Waals surface area contributed by atoms with Crippen molar-refractivity contribution in [1.82, 2.24) is 15.6 Å². The number of unbranched alkanes of at least 4 members (excludes halogenated alkanes) is 3. The lowest BCUT2D eigenvalue weighted by molar-refractivity contribution is -0.123. The molecule has 1 aromatic carbocycles. The topological polar surface area (TPSA) is 54.0 Å². The van der Waals surface area contributed by atoms with Gasteiger partial charge in [0.25, 0.3) is 0 Å². The highest BCUT2D eigenvalue weighted by Gasteiger charge is 2.28. The summed E-state index contributed by atoms with van der Waals surface area (Å²) in [5, 5.41) is 7.43. The largest absolute Gasteiger partial charge is 0.351 e. The molecule has 2 aromatic rings. The Morgan fingerprint density at radius 2 is 2.07 bits per heavy atom. The second-order valence-corrected chi connectivity index (χ2v) is 9.49. The van der Waals surface area contributed by atoms with Crippen LogP contribution in [-0.2, 0) is 11.3 Å². The van der Waals surface area contributed by atoms with Crippen LogP contribution < -0.4 is 10.6 Å². The standard InChI is InChI=1S/C24H35N3OS/c1-4-5-6-7-8-17(2)21-16-27-24(29-21)20-11-9-19(10-12-20)15-26-23(28)22-18(3)13-14-25-22/h9-12,16-18,22,25H,4-8,13-15H2,1-3H3,(H,26,28)/t17?,18-,22?/m0/s1. The van der Waals surface area contributed by atoms with Crippen LogP contribution in [0.2, 0.25) is 0 Å². The Labute approximate surface area is 179 Å². The number of benzene rings is 1. The molecule has 1 aliphatic rings. The van der Waals surface area contributed by atoms with Gasteiger partial charge in [-0.15, -0.1) is 11.3 Å². The Kier molecular flexibility index (Phi) is 8.25. The van der Waals surface area contributed by atoms with Crippen LogP contribution in [0.4, 0.5) is 0 Å². The van der Waals surface area contributed by atoms with Gasteiger partial charge in [-0.2, -0.15) is 0 Å². The molecule has 1 fully saturated rings. The first-order valence-corrected chi connectivity index (χ1v) is 12.0. The number of thiazole rings is 1. The van der Waals surface area contributed by atoms with E-state index in [-0.39, 0.29) is 11.9 Å². The van der Waals surface area contributed by atoms with E-state index in [4.69, 9.17) is 0 Å². The summed E-state index contributed by atoms with van der Waals surface area (Å²) in [7, 11) is 0. The summed E-state index contributed by atoms with van der Waals surface area (Å²) in [6.07, 6.45) is 9.63. The zero-order valence-corrected chi connectivity index (χ0v) is 18.9. The highest BCUT2D eigenvalue weighted by Crippen LogP contribution is 2.32. The SMILES string of the molecule is CCCCCCC(C)c1cnc(-c2ccc(CNC(=O)C3NCC[C@@H]3C)cc2)s1. The average molecular weight is 414 g/mol. The number of carbonyl (C=O) groups is 1. The highest BCUT2D eigenvalue weighted by atomic mass is 32.1. The van der Waals surface area contributed by atoms with Gasteiger partial charge >= 0.3 is 0 Å². The molecule has 0 aliphatic carbocycles. The molecule has 0 spiro atoms. The molecule has 2 heterocycles. The van der Waals surface area contributed by atoms with Crippen LogP contribution in [0.3, 0.4) is 0 Å². The second-order valence-electron chi connectivity index (χ2n) is 8.43. The maximum atomic E-state index is 12.3. The van der Waals surface area contributed by atoms with Crippen molar-refractivity contribution in [3.63, 3.8) is 0 Å². The molecule has 2 N–H and O–H groups in total. The van der Waals surface area contributed by atoms with Crippen molar-refractivity contribution >= 4 is 17.2 Å². The first-order chi connectivity index (χ1) is 14.1. The number of hydrogen-bond donors (Lipinski definition) is 2. The van der Waals surface area contributed by atoms with E-state index in [0.29, 0.717) is 18.4 Å². The monoisotopic (exact) mass is 413 g/mol. The predicted octanol–water partition coefficient (Wildman–Crippen LogP) is 5.50. The minimum absolute atomic E-state index is 0.0491. The quantitative estimate of drug-likeness (QED) is 0.506. The van der Waals surface area contributed by atoms with Crippen LogP contribution in [0.5, 0.6) is 0 Å². The number of nitrogens with zero attached hydrogens (tertiary/aromatic N) is 1. The minimum Gasteiger partial charge on any atom is -0.351 e. The lowest BCUT2D eigenvalue weighted by atomic mass is 10.0. The number of carbonyl (C=O) groups excluding carboxylic acids is 1. The van der Waals surface area contributed by atoms with Gasteiger partial charge in [-0.1, -0.05) is 70.7 Å². The van der Waals surface area contributed by atoms with Crippen molar-refractivity contribution < 1.29 is 4.79 Å². The molecule has 158 valence electrons. The first kappa shape index (κ1) is 22.0. The van der Waals surface area contributed by atoms with Gasteiger partial charge in [-0.3, -0.25) is 4.79 Å². The maximum Gasteiger partial charge on any atom is 0.237 e. The molecule has 1 aliphatic heterocycles. The number of amides is 1. The summed E-state index contributed by atoms with van der Waals surface area (Å²) in [6.45, 7) is 8.21. The van der Waals surface area contributed by atoms with Crippen LogP contribution in [0.15, 0.2) is 30.5 Å². The zero-order chi connectivity index (χ0) is 20.6. The molecule has 1 aromatic heterocycles. The third-order valence-electron chi connectivity index (χ3n) is 5.98. The van der Waals surface area contributed by atoms with Gasteiger partial charge in [0, 0.05) is 23.2 Å². The molecule has 1 amide bonds. The summed E-state index contributed by atoms with van der Waals surface area (Å²) in [4.78, 5) is 18.4. The zero-order valence-electron chi connectivity index (χ0n) is 18.0. The van der Waals surface area contributed by atoms with E-state index >= 15 is 0 Å². The predicted molar refractivity (Wildman–Crippen MR) is 122 cm³/mol. The van der Waals surface area contributed by atoms with Crippen molar-refractivity contribution in [2.45, 2.75) is 77.8 Å². The summed E-state index contributed by atoms with van der Waals surface area (Å²) in [5.41, 5.74) is 2.27. The Morgan fingerprint density at radius 1 is 1.28 bits per heavy atom. The molecule has 3 atom stereocenters. The lowest BCUT2D eigenvalue weighted by Gasteiger charge is -2.15. The van der Waals surface area contributed by atoms with E-state index in [2.05, 4.69) is 60.7 Å². The van der Waals surface area contributed by atoms with Crippen molar-refractivity contribution in [1.29, 1.82) is 0 Å². The van der Waals surface area contributed by atoms with Crippen LogP contribution in [0, 0.1) is 5.92 Å². The third-order valence-corrected chi connectivity index (χ3v) is 7.26. The van der Waals surface area contributed by atoms with Gasteiger partial charge in [0.1, 0.15) is 5.01 Å². The van der Waals surface area contributed by atoms with Crippen molar-refractivity contribution in [3.05, 3.63) is 40.9 Å². The van der Waals surface area contributed by atoms with E-state index in [9.17, 15) is 4.79 Å². The Balaban J connectivity index is 1.51. The second kappa shape index (κ2) is 10.9. The van der Waals surface area contributed by atoms with Gasteiger partial charge in [-0.05, 0) is 36.8 Å². The van der Waals surface area contributed by atoms with E-state index in [1.54, 1.807) is 0 Å². The third kappa shape index (κ3) is 6.13. The number of nitrogens with one attached hydrogen (secondary N) is 2. The van der Waals surface area contributed by atoms with Crippen molar-refractivity contribution in [2.24, 2.45) is 5.92 Å². The van der Waals surface area contributed by atoms with E-state index in [0.717, 1.165) is 29.1 Å². The van der Waals surface area contributed by atoms with Gasteiger partial charge in [-0.25, -0.2) is 4.98 Å². The number of hydrogen-bond acceptors (Lipinski definition) is 4. The molecule has 0 saturated carbocycles. The van der Waals surface area contributed by atoms with Crippen molar-refractivity contribution in [3.8, 4) is 10.6 Å². The molecule has 0 radical (unpaired) electrons. The number of rotatable bonds is 10. The van der Waals surface area contributed by atoms with Crippen LogP contribution >= 0.6 is 11.3 Å². The summed E-state index contributed by atoms with van der Waals surface area (Å²) >= 11 is 1.81. The fraction of sp³-hybridized carbons (Fsp3) is 0.583. The molecule has 2 unspecified atom stereocenters. The molecular formula is C24H35N3OS. The van der Waals surface area contributed by atoms with Gasteiger partial charge in [0.2, 0.25) is 5.91 Å². The van der Waals surface area contributed by atoms with E-state index < -0.39 is 0 Å². The molecular weight excluding hydrogens is 378 g/mol. The van der Waals surface area contributed by atoms with Crippen LogP contribution in [-0.4, -0.2) is 23.5 Å². The van der Waals surface area contributed by atoms with Gasteiger partial charge in [0.15, 0.2) is 0 Å².